The highest BCUT2D eigenvalue weighted by atomic mass is 32.2. The van der Waals surface area contributed by atoms with E-state index in [9.17, 15) is 17.6 Å². The molecule has 2 aromatic carbocycles. The van der Waals surface area contributed by atoms with Crippen molar-refractivity contribution >= 4 is 21.6 Å². The largest absolute Gasteiger partial charge is 0.492 e. The third-order valence-corrected chi connectivity index (χ3v) is 6.44. The summed E-state index contributed by atoms with van der Waals surface area (Å²) in [4.78, 5) is 12.4. The van der Waals surface area contributed by atoms with E-state index in [0.29, 0.717) is 25.4 Å². The first-order valence-corrected chi connectivity index (χ1v) is 10.7. The average molecular weight is 406 g/mol. The van der Waals surface area contributed by atoms with Crippen molar-refractivity contribution in [1.29, 1.82) is 0 Å². The molecule has 3 rings (SSSR count). The lowest BCUT2D eigenvalue weighted by atomic mass is 10.2. The summed E-state index contributed by atoms with van der Waals surface area (Å²) in [6.45, 7) is 3.02. The van der Waals surface area contributed by atoms with Crippen LogP contribution in [-0.2, 0) is 10.0 Å². The van der Waals surface area contributed by atoms with Crippen molar-refractivity contribution < 1.29 is 22.3 Å². The molecule has 0 spiro atoms. The van der Waals surface area contributed by atoms with Crippen LogP contribution in [0.3, 0.4) is 0 Å². The summed E-state index contributed by atoms with van der Waals surface area (Å²) in [5.41, 5.74) is 0.447. The van der Waals surface area contributed by atoms with Gasteiger partial charge in [0.15, 0.2) is 0 Å². The van der Waals surface area contributed by atoms with Gasteiger partial charge in [-0.1, -0.05) is 12.5 Å². The summed E-state index contributed by atoms with van der Waals surface area (Å²) in [7, 11) is -3.75. The first-order chi connectivity index (χ1) is 13.4. The molecular formula is C20H23FN2O4S. The zero-order chi connectivity index (χ0) is 20.1. The molecule has 28 heavy (non-hydrogen) atoms. The Morgan fingerprint density at radius 1 is 1.14 bits per heavy atom. The van der Waals surface area contributed by atoms with Crippen LogP contribution in [0.4, 0.5) is 10.1 Å². The van der Waals surface area contributed by atoms with Crippen LogP contribution in [0, 0.1) is 5.82 Å². The lowest BCUT2D eigenvalue weighted by molar-refractivity contribution is 0.102. The van der Waals surface area contributed by atoms with E-state index in [1.165, 1.54) is 34.6 Å². The van der Waals surface area contributed by atoms with Gasteiger partial charge in [-0.25, -0.2) is 12.8 Å². The maximum absolute atomic E-state index is 13.3. The van der Waals surface area contributed by atoms with Gasteiger partial charge in [-0.15, -0.1) is 0 Å². The molecule has 1 aliphatic heterocycles. The Kier molecular flexibility index (Phi) is 6.31. The molecule has 1 heterocycles. The van der Waals surface area contributed by atoms with Crippen molar-refractivity contribution in [1.82, 2.24) is 4.31 Å². The number of nitrogens with one attached hydrogen (secondary N) is 1. The van der Waals surface area contributed by atoms with Crippen molar-refractivity contribution in [2.45, 2.75) is 31.1 Å². The summed E-state index contributed by atoms with van der Waals surface area (Å²) < 4.78 is 46.5. The average Bonchev–Trinajstić information content (AvgIpc) is 2.70. The second-order valence-electron chi connectivity index (χ2n) is 6.52. The molecule has 2 aromatic rings. The van der Waals surface area contributed by atoms with Crippen molar-refractivity contribution in [3.8, 4) is 5.75 Å². The van der Waals surface area contributed by atoms with Crippen LogP contribution in [-0.4, -0.2) is 38.3 Å². The molecule has 0 aromatic heterocycles. The topological polar surface area (TPSA) is 75.7 Å². The number of amides is 1. The van der Waals surface area contributed by atoms with Gasteiger partial charge in [0.2, 0.25) is 10.0 Å². The molecule has 1 fully saturated rings. The van der Waals surface area contributed by atoms with Crippen LogP contribution in [0.1, 0.15) is 36.5 Å². The Labute approximate surface area is 164 Å². The second kappa shape index (κ2) is 8.70. The minimum absolute atomic E-state index is 0.0216. The van der Waals surface area contributed by atoms with Crippen molar-refractivity contribution in [3.05, 3.63) is 53.8 Å². The molecule has 1 amide bonds. The SMILES string of the molecule is CCOc1ccc(NC(=O)c2cccc(F)c2)cc1S(=O)(=O)N1CCCCC1. The quantitative estimate of drug-likeness (QED) is 0.795. The van der Waals surface area contributed by atoms with Gasteiger partial charge in [0.25, 0.3) is 5.91 Å². The number of halogens is 1. The number of carbonyl (C=O) groups is 1. The van der Waals surface area contributed by atoms with Crippen molar-refractivity contribution in [3.63, 3.8) is 0 Å². The molecule has 1 aliphatic rings. The highest BCUT2D eigenvalue weighted by Gasteiger charge is 2.29. The van der Waals surface area contributed by atoms with Crippen LogP contribution < -0.4 is 10.1 Å². The molecule has 1 saturated heterocycles. The van der Waals surface area contributed by atoms with Crippen LogP contribution in [0.25, 0.3) is 0 Å². The van der Waals surface area contributed by atoms with Gasteiger partial charge in [-0.05, 0) is 56.2 Å². The second-order valence-corrected chi connectivity index (χ2v) is 8.43. The molecule has 8 heteroatoms. The van der Waals surface area contributed by atoms with E-state index in [0.717, 1.165) is 25.3 Å². The summed E-state index contributed by atoms with van der Waals surface area (Å²) in [6.07, 6.45) is 2.65. The van der Waals surface area contributed by atoms with Gasteiger partial charge in [-0.2, -0.15) is 4.31 Å². The highest BCUT2D eigenvalue weighted by Crippen LogP contribution is 2.31. The first kappa shape index (κ1) is 20.3. The fourth-order valence-corrected chi connectivity index (χ4v) is 4.81. The van der Waals surface area contributed by atoms with Gasteiger partial charge in [-0.3, -0.25) is 4.79 Å². The monoisotopic (exact) mass is 406 g/mol. The van der Waals surface area contributed by atoms with Gasteiger partial charge in [0, 0.05) is 24.3 Å². The third-order valence-electron chi connectivity index (χ3n) is 4.52. The van der Waals surface area contributed by atoms with Crippen LogP contribution in [0.5, 0.6) is 5.75 Å². The molecule has 0 radical (unpaired) electrons. The number of hydrogen-bond donors (Lipinski definition) is 1. The summed E-state index contributed by atoms with van der Waals surface area (Å²) >= 11 is 0. The van der Waals surface area contributed by atoms with E-state index in [4.69, 9.17) is 4.74 Å². The minimum Gasteiger partial charge on any atom is -0.492 e. The van der Waals surface area contributed by atoms with E-state index >= 15 is 0 Å². The first-order valence-electron chi connectivity index (χ1n) is 9.25. The minimum atomic E-state index is -3.75. The number of nitrogens with zero attached hydrogens (tertiary/aromatic N) is 1. The summed E-state index contributed by atoms with van der Waals surface area (Å²) in [6, 6.07) is 9.78. The smallest absolute Gasteiger partial charge is 0.255 e. The Balaban J connectivity index is 1.92. The predicted octanol–water partition coefficient (Wildman–Crippen LogP) is 3.65. The van der Waals surface area contributed by atoms with Crippen LogP contribution in [0.15, 0.2) is 47.4 Å². The number of hydrogen-bond acceptors (Lipinski definition) is 4. The van der Waals surface area contributed by atoms with Crippen LogP contribution in [0.2, 0.25) is 0 Å². The third kappa shape index (κ3) is 4.51. The Morgan fingerprint density at radius 3 is 2.57 bits per heavy atom. The molecule has 0 unspecified atom stereocenters. The Bertz CT molecular complexity index is 956. The number of rotatable bonds is 6. The number of carbonyl (C=O) groups excluding carboxylic acids is 1. The maximum atomic E-state index is 13.3. The molecule has 0 aliphatic carbocycles. The van der Waals surface area contributed by atoms with Gasteiger partial charge >= 0.3 is 0 Å². The number of sulfonamides is 1. The van der Waals surface area contributed by atoms with Gasteiger partial charge < -0.3 is 10.1 Å². The fourth-order valence-electron chi connectivity index (χ4n) is 3.14. The highest BCUT2D eigenvalue weighted by molar-refractivity contribution is 7.89. The predicted molar refractivity (Wildman–Crippen MR) is 105 cm³/mol. The normalized spacial score (nSPS) is 15.2. The molecule has 0 atom stereocenters. The van der Waals surface area contributed by atoms with Crippen molar-refractivity contribution in [2.75, 3.05) is 25.0 Å². The Morgan fingerprint density at radius 2 is 1.89 bits per heavy atom. The summed E-state index contributed by atoms with van der Waals surface area (Å²) in [5, 5.41) is 2.63. The van der Waals surface area contributed by atoms with Gasteiger partial charge in [0.05, 0.1) is 6.61 Å². The standard InChI is InChI=1S/C20H23FN2O4S/c1-2-27-18-10-9-17(22-20(24)15-7-6-8-16(21)13-15)14-19(18)28(25,26)23-11-4-3-5-12-23/h6-10,13-14H,2-5,11-12H2,1H3,(H,22,24). The summed E-state index contributed by atoms with van der Waals surface area (Å²) in [5.74, 6) is -0.797. The number of benzene rings is 2. The van der Waals surface area contributed by atoms with E-state index in [2.05, 4.69) is 5.32 Å². The zero-order valence-corrected chi connectivity index (χ0v) is 16.5. The van der Waals surface area contributed by atoms with E-state index in [1.54, 1.807) is 13.0 Å². The fraction of sp³-hybridized carbons (Fsp3) is 0.350. The number of piperidine rings is 1. The van der Waals surface area contributed by atoms with E-state index in [-0.39, 0.29) is 16.2 Å². The lowest BCUT2D eigenvalue weighted by Gasteiger charge is -2.27. The van der Waals surface area contributed by atoms with Gasteiger partial charge in [0.1, 0.15) is 16.5 Å². The number of anilines is 1. The maximum Gasteiger partial charge on any atom is 0.255 e. The molecule has 0 saturated carbocycles. The molecule has 150 valence electrons. The number of ether oxygens (including phenoxy) is 1. The van der Waals surface area contributed by atoms with Crippen molar-refractivity contribution in [2.24, 2.45) is 0 Å². The molecule has 0 bridgehead atoms. The molecular weight excluding hydrogens is 383 g/mol. The zero-order valence-electron chi connectivity index (χ0n) is 15.7. The van der Waals surface area contributed by atoms with Crippen LogP contribution >= 0.6 is 0 Å². The Hall–Kier alpha value is -2.45. The van der Waals surface area contributed by atoms with E-state index < -0.39 is 21.7 Å². The van der Waals surface area contributed by atoms with E-state index in [1.807, 2.05) is 0 Å². The molecule has 6 nitrogen and oxygen atoms in total. The molecule has 1 N–H and O–H groups in total. The lowest BCUT2D eigenvalue weighted by Crippen LogP contribution is -2.35.